The second-order valence-electron chi connectivity index (χ2n) is 5.64. The van der Waals surface area contributed by atoms with Gasteiger partial charge in [0.1, 0.15) is 6.04 Å². The van der Waals surface area contributed by atoms with Gasteiger partial charge < -0.3 is 14.6 Å². The number of benzene rings is 1. The summed E-state index contributed by atoms with van der Waals surface area (Å²) in [5, 5.41) is 1.11. The minimum absolute atomic E-state index is 0.116. The number of nitrogens with one attached hydrogen (secondary N) is 1. The molecule has 0 radical (unpaired) electrons. The van der Waals surface area contributed by atoms with E-state index in [2.05, 4.69) is 4.98 Å². The van der Waals surface area contributed by atoms with Gasteiger partial charge in [-0.15, -0.1) is 0 Å². The molecule has 0 spiro atoms. The third kappa shape index (κ3) is 2.17. The lowest BCUT2D eigenvalue weighted by Gasteiger charge is -2.38. The molecular weight excluding hydrogens is 280 g/mol. The summed E-state index contributed by atoms with van der Waals surface area (Å²) in [5.74, 6) is -0.449. The highest BCUT2D eigenvalue weighted by molar-refractivity contribution is 5.89. The van der Waals surface area contributed by atoms with E-state index in [-0.39, 0.29) is 17.9 Å². The largest absolute Gasteiger partial charge is 0.464 e. The first-order chi connectivity index (χ1) is 10.5. The number of aromatic nitrogens is 1. The highest BCUT2D eigenvalue weighted by Crippen LogP contribution is 2.37. The van der Waals surface area contributed by atoms with E-state index < -0.39 is 6.04 Å². The van der Waals surface area contributed by atoms with Gasteiger partial charge in [0.15, 0.2) is 0 Å². The minimum atomic E-state index is -0.556. The molecule has 1 amide bonds. The fourth-order valence-corrected chi connectivity index (χ4v) is 3.43. The van der Waals surface area contributed by atoms with Crippen LogP contribution in [0.25, 0.3) is 10.9 Å². The Balaban J connectivity index is 2.11. The number of esters is 1. The van der Waals surface area contributed by atoms with E-state index in [1.165, 1.54) is 6.92 Å². The van der Waals surface area contributed by atoms with Gasteiger partial charge in [0.05, 0.1) is 12.6 Å². The molecule has 0 saturated heterocycles. The van der Waals surface area contributed by atoms with Crippen LogP contribution in [0.4, 0.5) is 0 Å². The van der Waals surface area contributed by atoms with Crippen molar-refractivity contribution in [3.8, 4) is 0 Å². The topological polar surface area (TPSA) is 62.4 Å². The summed E-state index contributed by atoms with van der Waals surface area (Å²) in [4.78, 5) is 29.4. The highest BCUT2D eigenvalue weighted by atomic mass is 16.5. The molecule has 5 nitrogen and oxygen atoms in total. The first kappa shape index (κ1) is 14.6. The Bertz CT molecular complexity index is 735. The van der Waals surface area contributed by atoms with Crippen molar-refractivity contribution in [1.82, 2.24) is 9.88 Å². The molecule has 0 bridgehead atoms. The smallest absolute Gasteiger partial charge is 0.329 e. The molecule has 116 valence electrons. The average molecular weight is 300 g/mol. The summed E-state index contributed by atoms with van der Waals surface area (Å²) >= 11 is 0. The van der Waals surface area contributed by atoms with E-state index in [1.54, 1.807) is 11.8 Å². The third-order valence-corrected chi connectivity index (χ3v) is 4.34. The van der Waals surface area contributed by atoms with E-state index in [0.29, 0.717) is 13.0 Å². The maximum Gasteiger partial charge on any atom is 0.329 e. The average Bonchev–Trinajstić information content (AvgIpc) is 2.86. The molecule has 2 atom stereocenters. The molecule has 3 rings (SSSR count). The molecular formula is C17H20N2O3. The third-order valence-electron chi connectivity index (χ3n) is 4.34. The Labute approximate surface area is 129 Å². The molecule has 1 aromatic heterocycles. The molecule has 22 heavy (non-hydrogen) atoms. The summed E-state index contributed by atoms with van der Waals surface area (Å²) in [6, 6.07) is 7.28. The fraction of sp³-hybridized carbons (Fsp3) is 0.412. The number of hydrogen-bond donors (Lipinski definition) is 1. The summed E-state index contributed by atoms with van der Waals surface area (Å²) in [6.45, 7) is 5.53. The van der Waals surface area contributed by atoms with Gasteiger partial charge in [0.25, 0.3) is 0 Å². The summed E-state index contributed by atoms with van der Waals surface area (Å²) in [6.07, 6.45) is 0.488. The number of carbonyl (C=O) groups excluding carboxylic acids is 2. The van der Waals surface area contributed by atoms with Gasteiger partial charge in [-0.25, -0.2) is 4.79 Å². The van der Waals surface area contributed by atoms with Crippen LogP contribution < -0.4 is 0 Å². The lowest BCUT2D eigenvalue weighted by atomic mass is 9.92. The van der Waals surface area contributed by atoms with Gasteiger partial charge in [-0.2, -0.15) is 0 Å². The molecule has 5 heteroatoms. The van der Waals surface area contributed by atoms with Crippen molar-refractivity contribution in [1.29, 1.82) is 0 Å². The highest BCUT2D eigenvalue weighted by Gasteiger charge is 2.40. The van der Waals surface area contributed by atoms with Crippen LogP contribution >= 0.6 is 0 Å². The number of rotatable bonds is 2. The zero-order valence-electron chi connectivity index (χ0n) is 13.1. The standard InChI is InChI=1S/C17H20N2O3/c1-4-22-17(21)15-9-13-12-7-5-6-8-14(12)18-16(13)10(2)19(15)11(3)20/h5-8,10,15,18H,4,9H2,1-3H3/t10-,15+/m1/s1. The maximum atomic E-state index is 12.3. The van der Waals surface area contributed by atoms with Crippen LogP contribution in [0.3, 0.4) is 0 Å². The summed E-state index contributed by atoms with van der Waals surface area (Å²) in [5.41, 5.74) is 3.16. The predicted molar refractivity (Wildman–Crippen MR) is 83.4 cm³/mol. The minimum Gasteiger partial charge on any atom is -0.464 e. The van der Waals surface area contributed by atoms with Gasteiger partial charge >= 0.3 is 5.97 Å². The molecule has 1 aromatic carbocycles. The Hall–Kier alpha value is -2.30. The molecule has 1 N–H and O–H groups in total. The van der Waals surface area contributed by atoms with E-state index in [0.717, 1.165) is 22.2 Å². The number of para-hydroxylation sites is 1. The van der Waals surface area contributed by atoms with Gasteiger partial charge in [-0.05, 0) is 25.5 Å². The van der Waals surface area contributed by atoms with Crippen molar-refractivity contribution in [2.24, 2.45) is 0 Å². The number of amides is 1. The van der Waals surface area contributed by atoms with Crippen molar-refractivity contribution < 1.29 is 14.3 Å². The van der Waals surface area contributed by atoms with Crippen molar-refractivity contribution in [3.05, 3.63) is 35.5 Å². The summed E-state index contributed by atoms with van der Waals surface area (Å²) < 4.78 is 5.17. The molecule has 0 aliphatic carbocycles. The number of H-pyrrole nitrogens is 1. The second kappa shape index (κ2) is 5.48. The SMILES string of the molecule is CCOC(=O)[C@@H]1Cc2c([nH]c3ccccc23)[C@@H](C)N1C(C)=O. The molecule has 0 saturated carbocycles. The monoisotopic (exact) mass is 300 g/mol. The second-order valence-corrected chi connectivity index (χ2v) is 5.64. The summed E-state index contributed by atoms with van der Waals surface area (Å²) in [7, 11) is 0. The van der Waals surface area contributed by atoms with Crippen LogP contribution in [-0.4, -0.2) is 34.4 Å². The molecule has 2 heterocycles. The van der Waals surface area contributed by atoms with Crippen LogP contribution in [0.5, 0.6) is 0 Å². The van der Waals surface area contributed by atoms with Gasteiger partial charge in [-0.1, -0.05) is 18.2 Å². The number of nitrogens with zero attached hydrogens (tertiary/aromatic N) is 1. The Kier molecular flexibility index (Phi) is 3.64. The zero-order chi connectivity index (χ0) is 15.9. The number of ether oxygens (including phenoxy) is 1. The van der Waals surface area contributed by atoms with Crippen LogP contribution in [0.15, 0.2) is 24.3 Å². The van der Waals surface area contributed by atoms with E-state index >= 15 is 0 Å². The van der Waals surface area contributed by atoms with Crippen molar-refractivity contribution >= 4 is 22.8 Å². The quantitative estimate of drug-likeness (QED) is 0.867. The van der Waals surface area contributed by atoms with Crippen LogP contribution in [0.2, 0.25) is 0 Å². The first-order valence-electron chi connectivity index (χ1n) is 7.59. The molecule has 2 aromatic rings. The molecule has 1 aliphatic heterocycles. The Morgan fingerprint density at radius 3 is 2.77 bits per heavy atom. The molecule has 0 unspecified atom stereocenters. The van der Waals surface area contributed by atoms with Gasteiger partial charge in [0.2, 0.25) is 5.91 Å². The van der Waals surface area contributed by atoms with Crippen molar-refractivity contribution in [2.45, 2.75) is 39.3 Å². The Morgan fingerprint density at radius 2 is 2.09 bits per heavy atom. The number of fused-ring (bicyclic) bond motifs is 3. The lowest BCUT2D eigenvalue weighted by molar-refractivity contribution is -0.156. The predicted octanol–water partition coefficient (Wildman–Crippen LogP) is 2.57. The maximum absolute atomic E-state index is 12.3. The number of carbonyl (C=O) groups is 2. The normalized spacial score (nSPS) is 20.8. The van der Waals surface area contributed by atoms with E-state index in [4.69, 9.17) is 4.74 Å². The lowest BCUT2D eigenvalue weighted by Crippen LogP contribution is -2.50. The molecule has 1 aliphatic rings. The van der Waals surface area contributed by atoms with Gasteiger partial charge in [0, 0.05) is 29.9 Å². The Morgan fingerprint density at radius 1 is 1.36 bits per heavy atom. The van der Waals surface area contributed by atoms with E-state index in [1.807, 2.05) is 31.2 Å². The molecule has 0 fully saturated rings. The van der Waals surface area contributed by atoms with Gasteiger partial charge in [-0.3, -0.25) is 4.79 Å². The van der Waals surface area contributed by atoms with E-state index in [9.17, 15) is 9.59 Å². The van der Waals surface area contributed by atoms with Crippen molar-refractivity contribution in [3.63, 3.8) is 0 Å². The zero-order valence-corrected chi connectivity index (χ0v) is 13.1. The van der Waals surface area contributed by atoms with Crippen molar-refractivity contribution in [2.75, 3.05) is 6.61 Å². The van der Waals surface area contributed by atoms with Crippen LogP contribution in [0, 0.1) is 0 Å². The number of hydrogen-bond acceptors (Lipinski definition) is 3. The van der Waals surface area contributed by atoms with Crippen LogP contribution in [0.1, 0.15) is 38.1 Å². The number of aromatic amines is 1. The first-order valence-corrected chi connectivity index (χ1v) is 7.59. The van der Waals surface area contributed by atoms with Crippen LogP contribution in [-0.2, 0) is 20.7 Å². The fourth-order valence-electron chi connectivity index (χ4n) is 3.43.